The van der Waals surface area contributed by atoms with Crippen LogP contribution in [0.1, 0.15) is 21.5 Å². The number of hydrogen-bond donors (Lipinski definition) is 1. The first-order valence-electron chi connectivity index (χ1n) is 9.62. The highest BCUT2D eigenvalue weighted by Crippen LogP contribution is 2.28. The van der Waals surface area contributed by atoms with Crippen molar-refractivity contribution in [1.82, 2.24) is 5.43 Å². The lowest BCUT2D eigenvalue weighted by atomic mass is 10.1. The molecule has 0 unspecified atom stereocenters. The highest BCUT2D eigenvalue weighted by molar-refractivity contribution is 6.30. The molecule has 1 N–H and O–H groups in total. The van der Waals surface area contributed by atoms with Gasteiger partial charge in [-0.1, -0.05) is 35.4 Å². The highest BCUT2D eigenvalue weighted by Gasteiger charge is 2.12. The molecule has 0 aliphatic carbocycles. The molecule has 3 aromatic carbocycles. The van der Waals surface area contributed by atoms with Crippen LogP contribution in [0.5, 0.6) is 17.2 Å². The predicted molar refractivity (Wildman–Crippen MR) is 122 cm³/mol. The van der Waals surface area contributed by atoms with Crippen molar-refractivity contribution in [2.24, 2.45) is 5.10 Å². The Hall–Kier alpha value is -3.84. The molecule has 8 heteroatoms. The maximum atomic E-state index is 12.3. The van der Waals surface area contributed by atoms with E-state index in [1.165, 1.54) is 13.3 Å². The maximum Gasteiger partial charge on any atom is 0.343 e. The first-order chi connectivity index (χ1) is 15.4. The third-order valence-corrected chi connectivity index (χ3v) is 4.48. The number of nitrogens with one attached hydrogen (secondary N) is 1. The van der Waals surface area contributed by atoms with E-state index in [1.54, 1.807) is 54.6 Å². The van der Waals surface area contributed by atoms with Crippen LogP contribution in [-0.4, -0.2) is 31.8 Å². The van der Waals surface area contributed by atoms with E-state index in [0.717, 1.165) is 5.56 Å². The third-order valence-electron chi connectivity index (χ3n) is 4.25. The Balaban J connectivity index is 1.56. The zero-order chi connectivity index (χ0) is 22.9. The standard InChI is InChI=1S/C24H21ClN2O5/c1-16-6-9-18(10-7-16)24(29)32-21-11-8-17(12-22(21)30-2)14-26-27-23(28)15-31-20-5-3-4-19(25)13-20/h3-14H,15H2,1-2H3,(H,27,28). The number of nitrogens with zero attached hydrogens (tertiary/aromatic N) is 1. The molecule has 3 rings (SSSR count). The number of carbonyl (C=O) groups is 2. The van der Waals surface area contributed by atoms with Crippen molar-refractivity contribution in [2.45, 2.75) is 6.92 Å². The molecule has 0 saturated heterocycles. The summed E-state index contributed by atoms with van der Waals surface area (Å²) in [6.07, 6.45) is 1.44. The van der Waals surface area contributed by atoms with Crippen LogP contribution in [0.25, 0.3) is 0 Å². The Labute approximate surface area is 190 Å². The second-order valence-electron chi connectivity index (χ2n) is 6.71. The van der Waals surface area contributed by atoms with Crippen LogP contribution in [0, 0.1) is 6.92 Å². The number of ether oxygens (including phenoxy) is 3. The van der Waals surface area contributed by atoms with Gasteiger partial charge in [0.15, 0.2) is 18.1 Å². The van der Waals surface area contributed by atoms with Crippen molar-refractivity contribution < 1.29 is 23.8 Å². The van der Waals surface area contributed by atoms with Gasteiger partial charge in [-0.15, -0.1) is 0 Å². The number of rotatable bonds is 8. The number of aryl methyl sites for hydroxylation is 1. The second-order valence-corrected chi connectivity index (χ2v) is 7.14. The summed E-state index contributed by atoms with van der Waals surface area (Å²) >= 11 is 5.87. The fraction of sp³-hybridized carbons (Fsp3) is 0.125. The van der Waals surface area contributed by atoms with E-state index in [0.29, 0.717) is 27.6 Å². The molecular weight excluding hydrogens is 432 g/mol. The summed E-state index contributed by atoms with van der Waals surface area (Å²) in [5.74, 6) is 0.185. The van der Waals surface area contributed by atoms with Crippen molar-refractivity contribution in [1.29, 1.82) is 0 Å². The topological polar surface area (TPSA) is 86.2 Å². The van der Waals surface area contributed by atoms with E-state index in [-0.39, 0.29) is 12.4 Å². The van der Waals surface area contributed by atoms with E-state index >= 15 is 0 Å². The summed E-state index contributed by atoms with van der Waals surface area (Å²) in [7, 11) is 1.47. The van der Waals surface area contributed by atoms with E-state index in [1.807, 2.05) is 19.1 Å². The number of hydrogen-bond acceptors (Lipinski definition) is 6. The fourth-order valence-corrected chi connectivity index (χ4v) is 2.79. The smallest absolute Gasteiger partial charge is 0.343 e. The Morgan fingerprint density at radius 3 is 2.53 bits per heavy atom. The molecule has 0 fully saturated rings. The third kappa shape index (κ3) is 6.58. The number of methoxy groups -OCH3 is 1. The van der Waals surface area contributed by atoms with Crippen molar-refractivity contribution in [3.63, 3.8) is 0 Å². The SMILES string of the molecule is COc1cc(C=NNC(=O)COc2cccc(Cl)c2)ccc1OC(=O)c1ccc(C)cc1. The molecule has 0 spiro atoms. The zero-order valence-electron chi connectivity index (χ0n) is 17.5. The monoisotopic (exact) mass is 452 g/mol. The lowest BCUT2D eigenvalue weighted by molar-refractivity contribution is -0.123. The Kier molecular flexibility index (Phi) is 7.83. The molecule has 0 aliphatic rings. The summed E-state index contributed by atoms with van der Waals surface area (Å²) in [4.78, 5) is 24.2. The number of esters is 1. The lowest BCUT2D eigenvalue weighted by Crippen LogP contribution is -2.24. The van der Waals surface area contributed by atoms with E-state index in [2.05, 4.69) is 10.5 Å². The summed E-state index contributed by atoms with van der Waals surface area (Å²) in [6, 6.07) is 18.7. The highest BCUT2D eigenvalue weighted by atomic mass is 35.5. The van der Waals surface area contributed by atoms with E-state index in [9.17, 15) is 9.59 Å². The average molecular weight is 453 g/mol. The summed E-state index contributed by atoms with van der Waals surface area (Å²) < 4.78 is 16.1. The minimum atomic E-state index is -0.489. The molecule has 3 aromatic rings. The van der Waals surface area contributed by atoms with E-state index < -0.39 is 11.9 Å². The minimum Gasteiger partial charge on any atom is -0.493 e. The molecule has 0 radical (unpaired) electrons. The Morgan fingerprint density at radius 1 is 1.03 bits per heavy atom. The fourth-order valence-electron chi connectivity index (χ4n) is 2.61. The predicted octanol–water partition coefficient (Wildman–Crippen LogP) is 4.41. The van der Waals surface area contributed by atoms with Crippen LogP contribution in [0.3, 0.4) is 0 Å². The minimum absolute atomic E-state index is 0.213. The van der Waals surface area contributed by atoms with Crippen molar-refractivity contribution in [3.05, 3.63) is 88.4 Å². The molecule has 0 heterocycles. The summed E-state index contributed by atoms with van der Waals surface area (Å²) in [5, 5.41) is 4.42. The number of amides is 1. The number of halogens is 1. The molecule has 7 nitrogen and oxygen atoms in total. The molecule has 0 saturated carbocycles. The number of hydrazone groups is 1. The van der Waals surface area contributed by atoms with Crippen molar-refractivity contribution in [2.75, 3.05) is 13.7 Å². The van der Waals surface area contributed by atoms with Crippen LogP contribution in [0.4, 0.5) is 0 Å². The van der Waals surface area contributed by atoms with Crippen molar-refractivity contribution >= 4 is 29.7 Å². The molecule has 0 bridgehead atoms. The molecule has 1 amide bonds. The van der Waals surface area contributed by atoms with Gasteiger partial charge in [0.05, 0.1) is 18.9 Å². The van der Waals surface area contributed by atoms with Gasteiger partial charge in [0.1, 0.15) is 5.75 Å². The molecule has 164 valence electrons. The average Bonchev–Trinajstić information content (AvgIpc) is 2.79. The molecule has 0 aromatic heterocycles. The van der Waals surface area contributed by atoms with Crippen LogP contribution in [-0.2, 0) is 4.79 Å². The van der Waals surface area contributed by atoms with Crippen LogP contribution in [0.2, 0.25) is 5.02 Å². The van der Waals surface area contributed by atoms with Gasteiger partial charge in [-0.2, -0.15) is 5.10 Å². The van der Waals surface area contributed by atoms with Crippen LogP contribution < -0.4 is 19.6 Å². The van der Waals surface area contributed by atoms with Gasteiger partial charge in [-0.3, -0.25) is 4.79 Å². The molecular formula is C24H21ClN2O5. The lowest BCUT2D eigenvalue weighted by Gasteiger charge is -2.10. The zero-order valence-corrected chi connectivity index (χ0v) is 18.3. The second kappa shape index (κ2) is 11.0. The normalized spacial score (nSPS) is 10.6. The van der Waals surface area contributed by atoms with Gasteiger partial charge in [0.2, 0.25) is 0 Å². The number of benzene rings is 3. The number of carbonyl (C=O) groups excluding carboxylic acids is 2. The molecule has 0 aliphatic heterocycles. The van der Waals surface area contributed by atoms with Gasteiger partial charge < -0.3 is 14.2 Å². The maximum absolute atomic E-state index is 12.3. The summed E-state index contributed by atoms with van der Waals surface area (Å²) in [5.41, 5.74) is 4.49. The van der Waals surface area contributed by atoms with Gasteiger partial charge in [-0.05, 0) is 61.0 Å². The van der Waals surface area contributed by atoms with Gasteiger partial charge >= 0.3 is 5.97 Å². The van der Waals surface area contributed by atoms with Crippen LogP contribution in [0.15, 0.2) is 71.8 Å². The first-order valence-corrected chi connectivity index (χ1v) is 9.99. The van der Waals surface area contributed by atoms with Gasteiger partial charge in [0.25, 0.3) is 5.91 Å². The largest absolute Gasteiger partial charge is 0.493 e. The van der Waals surface area contributed by atoms with E-state index in [4.69, 9.17) is 25.8 Å². The summed E-state index contributed by atoms with van der Waals surface area (Å²) in [6.45, 7) is 1.72. The van der Waals surface area contributed by atoms with Gasteiger partial charge in [0, 0.05) is 5.02 Å². The van der Waals surface area contributed by atoms with Crippen molar-refractivity contribution in [3.8, 4) is 17.2 Å². The molecule has 32 heavy (non-hydrogen) atoms. The van der Waals surface area contributed by atoms with Crippen LogP contribution >= 0.6 is 11.6 Å². The first kappa shape index (κ1) is 22.8. The van der Waals surface area contributed by atoms with Gasteiger partial charge in [-0.25, -0.2) is 10.2 Å². The molecule has 0 atom stereocenters. The Morgan fingerprint density at radius 2 is 1.81 bits per heavy atom. The quantitative estimate of drug-likeness (QED) is 0.237. The Bertz CT molecular complexity index is 1130.